The zero-order valence-electron chi connectivity index (χ0n) is 31.1. The molecular formula is C39H43N3O15. The Morgan fingerprint density at radius 2 is 1.04 bits per heavy atom. The van der Waals surface area contributed by atoms with Gasteiger partial charge in [0.05, 0.1) is 0 Å². The van der Waals surface area contributed by atoms with Crippen LogP contribution in [-0.4, -0.2) is 98.9 Å². The van der Waals surface area contributed by atoms with Crippen LogP contribution in [0.1, 0.15) is 30.5 Å². The van der Waals surface area contributed by atoms with E-state index in [-0.39, 0.29) is 19.8 Å². The van der Waals surface area contributed by atoms with Crippen LogP contribution in [0.3, 0.4) is 0 Å². The maximum atomic E-state index is 13.1. The van der Waals surface area contributed by atoms with Crippen LogP contribution >= 0.6 is 0 Å². The van der Waals surface area contributed by atoms with Crippen LogP contribution in [0.4, 0.5) is 14.4 Å². The maximum absolute atomic E-state index is 13.1. The normalized spacial score (nSPS) is 19.5. The third kappa shape index (κ3) is 13.8. The third-order valence-electron chi connectivity index (χ3n) is 8.12. The highest BCUT2D eigenvalue weighted by Gasteiger charge is 2.59. The number of esters is 3. The molecule has 304 valence electrons. The molecule has 2 saturated heterocycles. The first-order chi connectivity index (χ1) is 27.4. The summed E-state index contributed by atoms with van der Waals surface area (Å²) in [5.74, 6) is -4.07. The molecular weight excluding hydrogens is 750 g/mol. The molecule has 0 aromatic heterocycles. The highest BCUT2D eigenvalue weighted by Crippen LogP contribution is 2.40. The Hall–Kier alpha value is -6.24. The van der Waals surface area contributed by atoms with Crippen molar-refractivity contribution >= 4 is 36.2 Å². The van der Waals surface area contributed by atoms with E-state index in [0.29, 0.717) is 5.56 Å². The third-order valence-corrected chi connectivity index (χ3v) is 8.12. The summed E-state index contributed by atoms with van der Waals surface area (Å²) in [5, 5.41) is 6.86. The van der Waals surface area contributed by atoms with E-state index in [9.17, 15) is 28.8 Å². The molecule has 2 fully saturated rings. The summed E-state index contributed by atoms with van der Waals surface area (Å²) in [6, 6.07) is 26.6. The first-order valence-corrected chi connectivity index (χ1v) is 17.8. The van der Waals surface area contributed by atoms with Crippen LogP contribution in [0.15, 0.2) is 91.0 Å². The number of carbonyl (C=O) groups excluding carboxylic acids is 6. The summed E-state index contributed by atoms with van der Waals surface area (Å²) >= 11 is 0. The average molecular weight is 794 g/mol. The number of benzene rings is 3. The standard InChI is InChI=1S/C39H43N3O15/c1-39(2)56-34-33(54-31(45)20-42-38(48)52-23-27-16-10-5-11-17-27)32(55-35(34)57-39)28(53-30(44)19-41-37(47)51-22-26-14-8-4-9-15-26)24-49-29(43)18-40-36(46)50-21-25-12-6-3-7-13-25/h3-17,28,32-35H,18-24H2,1-2H3,(H,40,46)(H,41,47)(H,42,48)/t28-,32-,33+,34+,35+/m1/s1. The zero-order valence-corrected chi connectivity index (χ0v) is 31.1. The van der Waals surface area contributed by atoms with Crippen LogP contribution in [0, 0.1) is 0 Å². The fraction of sp³-hybridized carbons (Fsp3) is 0.385. The maximum Gasteiger partial charge on any atom is 0.407 e. The molecule has 18 nitrogen and oxygen atoms in total. The van der Waals surface area contributed by atoms with Crippen molar-refractivity contribution in [2.24, 2.45) is 0 Å². The average Bonchev–Trinajstić information content (AvgIpc) is 3.69. The molecule has 18 heteroatoms. The Bertz CT molecular complexity index is 1810. The van der Waals surface area contributed by atoms with Crippen molar-refractivity contribution in [2.45, 2.75) is 70.2 Å². The van der Waals surface area contributed by atoms with Crippen LogP contribution in [0.5, 0.6) is 0 Å². The van der Waals surface area contributed by atoms with E-state index >= 15 is 0 Å². The fourth-order valence-electron chi connectivity index (χ4n) is 5.52. The summed E-state index contributed by atoms with van der Waals surface area (Å²) in [6.45, 7) is 0.473. The SMILES string of the molecule is CC1(C)O[C@@H]2O[C@H]([C@@H](COC(=O)CNC(=O)OCc3ccccc3)OC(=O)CNC(=O)OCc3ccccc3)[C@H](OC(=O)CNC(=O)OCc3ccccc3)[C@@H]2O1. The highest BCUT2D eigenvalue weighted by molar-refractivity contribution is 5.79. The number of hydrogen-bond donors (Lipinski definition) is 3. The van der Waals surface area contributed by atoms with Crippen LogP contribution < -0.4 is 16.0 Å². The van der Waals surface area contributed by atoms with Crippen molar-refractivity contribution in [3.8, 4) is 0 Å². The Labute approximate surface area is 327 Å². The monoisotopic (exact) mass is 793 g/mol. The van der Waals surface area contributed by atoms with E-state index < -0.39 is 98.9 Å². The van der Waals surface area contributed by atoms with Gasteiger partial charge in [-0.05, 0) is 30.5 Å². The Morgan fingerprint density at radius 3 is 1.51 bits per heavy atom. The summed E-state index contributed by atoms with van der Waals surface area (Å²) in [5.41, 5.74) is 2.17. The predicted molar refractivity (Wildman–Crippen MR) is 193 cm³/mol. The number of alkyl carbamates (subject to hydrolysis) is 3. The molecule has 3 N–H and O–H groups in total. The Morgan fingerprint density at radius 1 is 0.596 bits per heavy atom. The summed E-state index contributed by atoms with van der Waals surface area (Å²) in [7, 11) is 0. The van der Waals surface area contributed by atoms with Gasteiger partial charge in [0, 0.05) is 0 Å². The molecule has 0 unspecified atom stereocenters. The lowest BCUT2D eigenvalue weighted by Crippen LogP contribution is -2.49. The van der Waals surface area contributed by atoms with Crippen molar-refractivity contribution in [3.63, 3.8) is 0 Å². The lowest BCUT2D eigenvalue weighted by Gasteiger charge is -2.30. The Balaban J connectivity index is 1.20. The predicted octanol–water partition coefficient (Wildman–Crippen LogP) is 3.01. The minimum Gasteiger partial charge on any atom is -0.460 e. The number of amides is 3. The van der Waals surface area contributed by atoms with Gasteiger partial charge in [0.25, 0.3) is 0 Å². The Kier molecular flexibility index (Phi) is 15.2. The number of nitrogens with one attached hydrogen (secondary N) is 3. The second-order valence-corrected chi connectivity index (χ2v) is 13.0. The lowest BCUT2D eigenvalue weighted by molar-refractivity contribution is -0.234. The van der Waals surface area contributed by atoms with E-state index in [1.165, 1.54) is 0 Å². The largest absolute Gasteiger partial charge is 0.460 e. The minimum absolute atomic E-state index is 0.0413. The van der Waals surface area contributed by atoms with Gasteiger partial charge in [0.2, 0.25) is 0 Å². The van der Waals surface area contributed by atoms with Gasteiger partial charge in [-0.3, -0.25) is 14.4 Å². The molecule has 0 bridgehead atoms. The summed E-state index contributed by atoms with van der Waals surface area (Å²) < 4.78 is 49.8. The minimum atomic E-state index is -1.49. The molecule has 2 aliphatic heterocycles. The van der Waals surface area contributed by atoms with Crippen molar-refractivity contribution in [1.82, 2.24) is 16.0 Å². The molecule has 0 spiro atoms. The van der Waals surface area contributed by atoms with Gasteiger partial charge < -0.3 is 58.6 Å². The fourth-order valence-corrected chi connectivity index (χ4v) is 5.52. The lowest BCUT2D eigenvalue weighted by atomic mass is 10.1. The molecule has 5 atom stereocenters. The first-order valence-electron chi connectivity index (χ1n) is 17.8. The molecule has 2 heterocycles. The molecule has 0 saturated carbocycles. The van der Waals surface area contributed by atoms with E-state index in [1.54, 1.807) is 92.7 Å². The van der Waals surface area contributed by atoms with Crippen LogP contribution in [0.25, 0.3) is 0 Å². The quantitative estimate of drug-likeness (QED) is 0.132. The first kappa shape index (κ1) is 41.9. The van der Waals surface area contributed by atoms with E-state index in [2.05, 4.69) is 16.0 Å². The molecule has 0 radical (unpaired) electrons. The van der Waals surface area contributed by atoms with Gasteiger partial charge in [-0.25, -0.2) is 14.4 Å². The van der Waals surface area contributed by atoms with Gasteiger partial charge in [-0.15, -0.1) is 0 Å². The van der Waals surface area contributed by atoms with Gasteiger partial charge in [-0.1, -0.05) is 91.0 Å². The summed E-state index contributed by atoms with van der Waals surface area (Å²) in [4.78, 5) is 75.7. The molecule has 57 heavy (non-hydrogen) atoms. The van der Waals surface area contributed by atoms with E-state index in [0.717, 1.165) is 11.1 Å². The van der Waals surface area contributed by atoms with Crippen LogP contribution in [0.2, 0.25) is 0 Å². The topological polar surface area (TPSA) is 222 Å². The van der Waals surface area contributed by atoms with Crippen LogP contribution in [-0.2, 0) is 76.8 Å². The van der Waals surface area contributed by atoms with Crippen molar-refractivity contribution in [3.05, 3.63) is 108 Å². The highest BCUT2D eigenvalue weighted by atomic mass is 16.8. The number of hydrogen-bond acceptors (Lipinski definition) is 15. The second kappa shape index (κ2) is 20.6. The summed E-state index contributed by atoms with van der Waals surface area (Å²) in [6.07, 6.45) is -9.07. The van der Waals surface area contributed by atoms with E-state index in [1.807, 2.05) is 12.1 Å². The molecule has 5 rings (SSSR count). The molecule has 3 amide bonds. The van der Waals surface area contributed by atoms with Crippen molar-refractivity contribution < 1.29 is 71.4 Å². The smallest absolute Gasteiger partial charge is 0.407 e. The van der Waals surface area contributed by atoms with Gasteiger partial charge >= 0.3 is 36.2 Å². The van der Waals surface area contributed by atoms with Crippen molar-refractivity contribution in [1.29, 1.82) is 0 Å². The number of carbonyl (C=O) groups is 6. The molecule has 3 aromatic carbocycles. The van der Waals surface area contributed by atoms with Gasteiger partial charge in [-0.2, -0.15) is 0 Å². The number of rotatable bonds is 17. The molecule has 2 aliphatic rings. The second-order valence-electron chi connectivity index (χ2n) is 13.0. The molecule has 3 aromatic rings. The van der Waals surface area contributed by atoms with Gasteiger partial charge in [0.15, 0.2) is 30.4 Å². The zero-order chi connectivity index (χ0) is 40.6. The number of fused-ring (bicyclic) bond motifs is 1. The molecule has 0 aliphatic carbocycles. The van der Waals surface area contributed by atoms with E-state index in [4.69, 9.17) is 42.6 Å². The van der Waals surface area contributed by atoms with Gasteiger partial charge in [0.1, 0.15) is 52.2 Å². The number of ether oxygens (including phenoxy) is 9. The van der Waals surface area contributed by atoms with Crippen molar-refractivity contribution in [2.75, 3.05) is 26.2 Å².